The monoisotopic (exact) mass is 205 g/mol. The Bertz CT molecular complexity index is 144. The van der Waals surface area contributed by atoms with Crippen LogP contribution in [0.1, 0.15) is 6.92 Å². The lowest BCUT2D eigenvalue weighted by Crippen LogP contribution is -2.29. The topological polar surface area (TPSA) is 81.0 Å². The third-order valence-corrected chi connectivity index (χ3v) is 1.45. The molecule has 0 aromatic rings. The van der Waals surface area contributed by atoms with Crippen molar-refractivity contribution in [2.45, 2.75) is 6.92 Å². The maximum atomic E-state index is 9.25. The van der Waals surface area contributed by atoms with Crippen molar-refractivity contribution in [2.75, 3.05) is 32.8 Å². The SMILES string of the molecule is C=CC(=O)O.CCN(CCO)CCO. The van der Waals surface area contributed by atoms with Gasteiger partial charge in [-0.2, -0.15) is 0 Å². The van der Waals surface area contributed by atoms with Crippen LogP contribution >= 0.6 is 0 Å². The molecule has 0 spiro atoms. The van der Waals surface area contributed by atoms with Crippen molar-refractivity contribution in [1.29, 1.82) is 0 Å². The lowest BCUT2D eigenvalue weighted by Gasteiger charge is -2.16. The molecule has 5 heteroatoms. The highest BCUT2D eigenvalue weighted by atomic mass is 16.4. The van der Waals surface area contributed by atoms with Gasteiger partial charge in [0.1, 0.15) is 0 Å². The molecule has 0 unspecified atom stereocenters. The Labute approximate surface area is 84.3 Å². The highest BCUT2D eigenvalue weighted by Gasteiger charge is 1.97. The van der Waals surface area contributed by atoms with Crippen LogP contribution in [-0.2, 0) is 4.79 Å². The first-order valence-corrected chi connectivity index (χ1v) is 4.41. The molecule has 0 fully saturated rings. The molecular weight excluding hydrogens is 186 g/mol. The Morgan fingerprint density at radius 3 is 1.86 bits per heavy atom. The summed E-state index contributed by atoms with van der Waals surface area (Å²) in [5.74, 6) is -0.981. The van der Waals surface area contributed by atoms with E-state index in [1.54, 1.807) is 0 Å². The van der Waals surface area contributed by atoms with Gasteiger partial charge in [-0.1, -0.05) is 13.5 Å². The minimum atomic E-state index is -0.981. The summed E-state index contributed by atoms with van der Waals surface area (Å²) in [4.78, 5) is 11.2. The van der Waals surface area contributed by atoms with Gasteiger partial charge in [-0.3, -0.25) is 4.90 Å². The average molecular weight is 205 g/mol. The van der Waals surface area contributed by atoms with Gasteiger partial charge in [0.15, 0.2) is 0 Å². The lowest BCUT2D eigenvalue weighted by molar-refractivity contribution is -0.131. The average Bonchev–Trinajstić information content (AvgIpc) is 2.18. The first kappa shape index (κ1) is 15.6. The van der Waals surface area contributed by atoms with Crippen LogP contribution in [0.25, 0.3) is 0 Å². The van der Waals surface area contributed by atoms with Crippen molar-refractivity contribution in [2.24, 2.45) is 0 Å². The van der Waals surface area contributed by atoms with Crippen LogP contribution in [0.5, 0.6) is 0 Å². The number of aliphatic hydroxyl groups excluding tert-OH is 2. The molecule has 0 saturated heterocycles. The van der Waals surface area contributed by atoms with Crippen LogP contribution < -0.4 is 0 Å². The summed E-state index contributed by atoms with van der Waals surface area (Å²) >= 11 is 0. The number of nitrogens with zero attached hydrogens (tertiary/aromatic N) is 1. The van der Waals surface area contributed by atoms with E-state index in [0.717, 1.165) is 12.6 Å². The molecule has 5 nitrogen and oxygen atoms in total. The summed E-state index contributed by atoms with van der Waals surface area (Å²) in [6.45, 7) is 7.53. The predicted molar refractivity (Wildman–Crippen MR) is 54.1 cm³/mol. The molecule has 3 N–H and O–H groups in total. The smallest absolute Gasteiger partial charge is 0.327 e. The third kappa shape index (κ3) is 13.7. The fourth-order valence-electron chi connectivity index (χ4n) is 0.711. The quantitative estimate of drug-likeness (QED) is 0.512. The van der Waals surface area contributed by atoms with Gasteiger partial charge in [0.05, 0.1) is 13.2 Å². The molecule has 0 rings (SSSR count). The van der Waals surface area contributed by atoms with Crippen LogP contribution in [0.15, 0.2) is 12.7 Å². The van der Waals surface area contributed by atoms with Gasteiger partial charge < -0.3 is 15.3 Å². The second kappa shape index (κ2) is 12.1. The van der Waals surface area contributed by atoms with Crippen molar-refractivity contribution >= 4 is 5.97 Å². The van der Waals surface area contributed by atoms with Crippen molar-refractivity contribution in [3.05, 3.63) is 12.7 Å². The summed E-state index contributed by atoms with van der Waals surface area (Å²) in [6, 6.07) is 0. The predicted octanol–water partition coefficient (Wildman–Crippen LogP) is -0.450. The van der Waals surface area contributed by atoms with Crippen LogP contribution in [0.4, 0.5) is 0 Å². The van der Waals surface area contributed by atoms with E-state index in [1.165, 1.54) is 0 Å². The van der Waals surface area contributed by atoms with Gasteiger partial charge in [0, 0.05) is 19.2 Å². The zero-order valence-corrected chi connectivity index (χ0v) is 8.52. The largest absolute Gasteiger partial charge is 0.478 e. The number of hydrogen-bond donors (Lipinski definition) is 3. The molecule has 0 heterocycles. The van der Waals surface area contributed by atoms with E-state index < -0.39 is 5.97 Å². The maximum Gasteiger partial charge on any atom is 0.327 e. The normalized spacial score (nSPS) is 9.14. The Kier molecular flexibility index (Phi) is 13.4. The van der Waals surface area contributed by atoms with E-state index in [1.807, 2.05) is 11.8 Å². The summed E-state index contributed by atoms with van der Waals surface area (Å²) in [7, 11) is 0. The molecule has 0 atom stereocenters. The molecule has 84 valence electrons. The number of hydrogen-bond acceptors (Lipinski definition) is 4. The van der Waals surface area contributed by atoms with Gasteiger partial charge in [0.25, 0.3) is 0 Å². The molecule has 0 aliphatic heterocycles. The number of carbonyl (C=O) groups is 1. The summed E-state index contributed by atoms with van der Waals surface area (Å²) in [5, 5.41) is 24.5. The molecule has 0 bridgehead atoms. The molecule has 0 radical (unpaired) electrons. The Balaban J connectivity index is 0. The molecular formula is C9H19NO4. The van der Waals surface area contributed by atoms with Crippen molar-refractivity contribution in [3.8, 4) is 0 Å². The third-order valence-electron chi connectivity index (χ3n) is 1.45. The summed E-state index contributed by atoms with van der Waals surface area (Å²) in [6.07, 6.45) is 0.833. The van der Waals surface area contributed by atoms with Crippen molar-refractivity contribution in [1.82, 2.24) is 4.90 Å². The first-order valence-electron chi connectivity index (χ1n) is 4.41. The van der Waals surface area contributed by atoms with Gasteiger partial charge in [-0.25, -0.2) is 4.79 Å². The first-order chi connectivity index (χ1) is 6.62. The second-order valence-electron chi connectivity index (χ2n) is 2.42. The number of aliphatic carboxylic acids is 1. The lowest BCUT2D eigenvalue weighted by atomic mass is 10.5. The van der Waals surface area contributed by atoms with Gasteiger partial charge in [0.2, 0.25) is 0 Å². The van der Waals surface area contributed by atoms with E-state index in [0.29, 0.717) is 13.1 Å². The minimum Gasteiger partial charge on any atom is -0.478 e. The molecule has 0 saturated carbocycles. The number of likely N-dealkylation sites (N-methyl/N-ethyl adjacent to an activating group) is 1. The fraction of sp³-hybridized carbons (Fsp3) is 0.667. The molecule has 0 aromatic heterocycles. The maximum absolute atomic E-state index is 9.25. The van der Waals surface area contributed by atoms with Crippen LogP contribution in [-0.4, -0.2) is 59.0 Å². The van der Waals surface area contributed by atoms with Gasteiger partial charge in [-0.05, 0) is 6.54 Å². The number of rotatable bonds is 6. The molecule has 14 heavy (non-hydrogen) atoms. The van der Waals surface area contributed by atoms with Crippen LogP contribution in [0, 0.1) is 0 Å². The number of aliphatic hydroxyl groups is 2. The van der Waals surface area contributed by atoms with E-state index in [2.05, 4.69) is 6.58 Å². The molecule has 0 aliphatic rings. The zero-order valence-electron chi connectivity index (χ0n) is 8.52. The van der Waals surface area contributed by atoms with E-state index in [4.69, 9.17) is 15.3 Å². The molecule has 0 aliphatic carbocycles. The standard InChI is InChI=1S/C6H15NO2.C3H4O2/c1-2-7(3-5-8)4-6-9;1-2-3(4)5/h8-9H,2-6H2,1H3;2H,1H2,(H,4,5). The molecule has 0 amide bonds. The summed E-state index contributed by atoms with van der Waals surface area (Å²) < 4.78 is 0. The Morgan fingerprint density at radius 1 is 1.36 bits per heavy atom. The Hall–Kier alpha value is -0.910. The number of carboxylic acid groups (broad SMARTS) is 1. The zero-order chi connectivity index (χ0) is 11.4. The fourth-order valence-corrected chi connectivity index (χ4v) is 0.711. The highest BCUT2D eigenvalue weighted by molar-refractivity contribution is 5.78. The van der Waals surface area contributed by atoms with E-state index in [-0.39, 0.29) is 13.2 Å². The van der Waals surface area contributed by atoms with E-state index in [9.17, 15) is 4.79 Å². The molecule has 0 aromatic carbocycles. The minimum absolute atomic E-state index is 0.174. The second-order valence-corrected chi connectivity index (χ2v) is 2.42. The highest BCUT2D eigenvalue weighted by Crippen LogP contribution is 1.83. The summed E-state index contributed by atoms with van der Waals surface area (Å²) in [5.41, 5.74) is 0. The number of carboxylic acids is 1. The van der Waals surface area contributed by atoms with Crippen LogP contribution in [0.3, 0.4) is 0 Å². The van der Waals surface area contributed by atoms with Crippen LogP contribution in [0.2, 0.25) is 0 Å². The Morgan fingerprint density at radius 2 is 1.71 bits per heavy atom. The van der Waals surface area contributed by atoms with Crippen molar-refractivity contribution < 1.29 is 20.1 Å². The van der Waals surface area contributed by atoms with E-state index >= 15 is 0 Å². The van der Waals surface area contributed by atoms with Gasteiger partial charge >= 0.3 is 5.97 Å². The van der Waals surface area contributed by atoms with Gasteiger partial charge in [-0.15, -0.1) is 0 Å². The van der Waals surface area contributed by atoms with Crippen molar-refractivity contribution in [3.63, 3.8) is 0 Å².